The van der Waals surface area contributed by atoms with Crippen LogP contribution < -0.4 is 0 Å². The van der Waals surface area contributed by atoms with Gasteiger partial charge in [-0.3, -0.25) is 20.0 Å². The molecule has 4 heterocycles. The smallest absolute Gasteiger partial charge is 0.0745 e. The average molecular weight is 396 g/mol. The highest BCUT2D eigenvalue weighted by atomic mass is 15.1. The van der Waals surface area contributed by atoms with Crippen LogP contribution in [0.2, 0.25) is 0 Å². The minimum Gasteiger partial charge on any atom is -0.299 e. The quantitative estimate of drug-likeness (QED) is 0.510. The van der Waals surface area contributed by atoms with E-state index < -0.39 is 0 Å². The Morgan fingerprint density at radius 3 is 2.57 bits per heavy atom. The molecule has 1 saturated heterocycles. The Bertz CT molecular complexity index is 1140. The van der Waals surface area contributed by atoms with Crippen molar-refractivity contribution in [3.63, 3.8) is 0 Å². The number of aromatic nitrogens is 4. The fourth-order valence-electron chi connectivity index (χ4n) is 4.12. The number of hydrogen-bond acceptors (Lipinski definition) is 4. The van der Waals surface area contributed by atoms with Gasteiger partial charge in [-0.25, -0.2) is 0 Å². The monoisotopic (exact) mass is 395 g/mol. The Morgan fingerprint density at radius 1 is 0.933 bits per heavy atom. The van der Waals surface area contributed by atoms with Gasteiger partial charge in [-0.2, -0.15) is 5.10 Å². The van der Waals surface area contributed by atoms with E-state index >= 15 is 0 Å². The number of H-pyrrole nitrogens is 1. The molecule has 0 radical (unpaired) electrons. The Balaban J connectivity index is 1.42. The lowest BCUT2D eigenvalue weighted by atomic mass is 10.0. The highest BCUT2D eigenvalue weighted by Gasteiger charge is 2.14. The van der Waals surface area contributed by atoms with Crippen molar-refractivity contribution in [1.82, 2.24) is 25.1 Å². The first-order chi connectivity index (χ1) is 14.8. The number of rotatable bonds is 5. The van der Waals surface area contributed by atoms with Crippen molar-refractivity contribution >= 4 is 0 Å². The molecular formula is C25H25N5. The summed E-state index contributed by atoms with van der Waals surface area (Å²) in [5.74, 6) is 0. The summed E-state index contributed by atoms with van der Waals surface area (Å²) in [4.78, 5) is 11.8. The van der Waals surface area contributed by atoms with Gasteiger partial charge in [0, 0.05) is 35.1 Å². The van der Waals surface area contributed by atoms with E-state index in [1.54, 1.807) is 0 Å². The Labute approximate surface area is 176 Å². The second-order valence-electron chi connectivity index (χ2n) is 7.93. The highest BCUT2D eigenvalue weighted by Crippen LogP contribution is 2.31. The second kappa shape index (κ2) is 8.20. The second-order valence-corrected chi connectivity index (χ2v) is 7.93. The maximum absolute atomic E-state index is 4.65. The van der Waals surface area contributed by atoms with Crippen molar-refractivity contribution in [1.29, 1.82) is 0 Å². The van der Waals surface area contributed by atoms with E-state index in [1.165, 1.54) is 31.5 Å². The third-order valence-corrected chi connectivity index (χ3v) is 5.71. The van der Waals surface area contributed by atoms with Crippen LogP contribution in [0.5, 0.6) is 0 Å². The predicted octanol–water partition coefficient (Wildman–Crippen LogP) is 5.10. The molecule has 0 atom stereocenters. The van der Waals surface area contributed by atoms with Gasteiger partial charge in [0.25, 0.3) is 0 Å². The van der Waals surface area contributed by atoms with Gasteiger partial charge in [-0.15, -0.1) is 0 Å². The topological polar surface area (TPSA) is 57.7 Å². The summed E-state index contributed by atoms with van der Waals surface area (Å²) < 4.78 is 0. The van der Waals surface area contributed by atoms with Crippen molar-refractivity contribution in [2.75, 3.05) is 13.1 Å². The van der Waals surface area contributed by atoms with Crippen molar-refractivity contribution < 1.29 is 0 Å². The maximum Gasteiger partial charge on any atom is 0.0745 e. The standard InChI is InChI=1S/C25H25N5/c1-18-5-4-6-23(28-18)22-16-27-29-25(22)21-11-12-26-24(15-21)20-9-7-19(8-10-20)17-30-13-2-3-14-30/h4-12,15-16H,2-3,13-14,17H2,1H3,(H,27,29). The fraction of sp³-hybridized carbons (Fsp3) is 0.240. The SMILES string of the molecule is Cc1cccc(-c2cn[nH]c2-c2ccnc(-c3ccc(CN4CCCC4)cc3)c2)n1. The van der Waals surface area contributed by atoms with Crippen LogP contribution in [0, 0.1) is 6.92 Å². The minimum atomic E-state index is 0.920. The molecule has 5 heteroatoms. The molecule has 0 amide bonds. The van der Waals surface area contributed by atoms with Gasteiger partial charge in [0.15, 0.2) is 0 Å². The van der Waals surface area contributed by atoms with Crippen LogP contribution in [0.3, 0.4) is 0 Å². The fourth-order valence-corrected chi connectivity index (χ4v) is 4.12. The zero-order valence-corrected chi connectivity index (χ0v) is 17.2. The molecule has 0 unspecified atom stereocenters. The lowest BCUT2D eigenvalue weighted by Gasteiger charge is -2.14. The average Bonchev–Trinajstić information content (AvgIpc) is 3.47. The van der Waals surface area contributed by atoms with Crippen molar-refractivity contribution in [3.8, 4) is 33.8 Å². The van der Waals surface area contributed by atoms with Gasteiger partial charge >= 0.3 is 0 Å². The van der Waals surface area contributed by atoms with E-state index in [0.717, 1.165) is 46.0 Å². The maximum atomic E-state index is 4.65. The molecule has 0 spiro atoms. The van der Waals surface area contributed by atoms with E-state index in [9.17, 15) is 0 Å². The lowest BCUT2D eigenvalue weighted by Crippen LogP contribution is -2.18. The number of nitrogens with one attached hydrogen (secondary N) is 1. The zero-order valence-electron chi connectivity index (χ0n) is 17.2. The van der Waals surface area contributed by atoms with Crippen molar-refractivity contribution in [2.24, 2.45) is 0 Å². The van der Waals surface area contributed by atoms with Gasteiger partial charge in [0.05, 0.1) is 23.3 Å². The molecule has 0 saturated carbocycles. The molecule has 1 aliphatic rings. The van der Waals surface area contributed by atoms with Gasteiger partial charge in [0.1, 0.15) is 0 Å². The number of likely N-dealkylation sites (tertiary alicyclic amines) is 1. The molecule has 0 aliphatic carbocycles. The number of aromatic amines is 1. The Morgan fingerprint density at radius 2 is 1.77 bits per heavy atom. The molecule has 30 heavy (non-hydrogen) atoms. The summed E-state index contributed by atoms with van der Waals surface area (Å²) in [7, 11) is 0. The molecule has 150 valence electrons. The van der Waals surface area contributed by atoms with Crippen LogP contribution in [-0.4, -0.2) is 38.2 Å². The molecule has 3 aromatic heterocycles. The molecule has 5 nitrogen and oxygen atoms in total. The summed E-state index contributed by atoms with van der Waals surface area (Å²) in [6, 6.07) is 19.0. The van der Waals surface area contributed by atoms with Crippen LogP contribution in [0.15, 0.2) is 67.0 Å². The first kappa shape index (κ1) is 18.7. The molecule has 4 aromatic rings. The molecular weight excluding hydrogens is 370 g/mol. The minimum absolute atomic E-state index is 0.920. The van der Waals surface area contributed by atoms with E-state index in [0.29, 0.717) is 0 Å². The zero-order chi connectivity index (χ0) is 20.3. The summed E-state index contributed by atoms with van der Waals surface area (Å²) in [6.07, 6.45) is 6.34. The third kappa shape index (κ3) is 3.89. The van der Waals surface area contributed by atoms with Gasteiger partial charge < -0.3 is 0 Å². The summed E-state index contributed by atoms with van der Waals surface area (Å²) in [5.41, 5.74) is 8.36. The number of hydrogen-bond donors (Lipinski definition) is 1. The molecule has 1 aliphatic heterocycles. The number of benzene rings is 1. The summed E-state index contributed by atoms with van der Waals surface area (Å²) >= 11 is 0. The van der Waals surface area contributed by atoms with Gasteiger partial charge in [-0.1, -0.05) is 30.3 Å². The Kier molecular flexibility index (Phi) is 5.11. The summed E-state index contributed by atoms with van der Waals surface area (Å²) in [5, 5.41) is 7.42. The predicted molar refractivity (Wildman–Crippen MR) is 120 cm³/mol. The van der Waals surface area contributed by atoms with Crippen LogP contribution in [0.25, 0.3) is 33.8 Å². The van der Waals surface area contributed by atoms with Crippen LogP contribution in [-0.2, 0) is 6.54 Å². The first-order valence-corrected chi connectivity index (χ1v) is 10.5. The van der Waals surface area contributed by atoms with Crippen LogP contribution >= 0.6 is 0 Å². The molecule has 0 bridgehead atoms. The summed E-state index contributed by atoms with van der Waals surface area (Å²) in [6.45, 7) is 5.47. The van der Waals surface area contributed by atoms with E-state index in [1.807, 2.05) is 43.6 Å². The normalized spacial score (nSPS) is 14.3. The highest BCUT2D eigenvalue weighted by molar-refractivity contribution is 5.80. The molecule has 1 aromatic carbocycles. The first-order valence-electron chi connectivity index (χ1n) is 10.5. The molecule has 5 rings (SSSR count). The molecule has 1 N–H and O–H groups in total. The number of nitrogens with zero attached hydrogens (tertiary/aromatic N) is 4. The van der Waals surface area contributed by atoms with Crippen LogP contribution in [0.1, 0.15) is 24.1 Å². The van der Waals surface area contributed by atoms with E-state index in [2.05, 4.69) is 55.4 Å². The van der Waals surface area contributed by atoms with Gasteiger partial charge in [0.2, 0.25) is 0 Å². The largest absolute Gasteiger partial charge is 0.299 e. The van der Waals surface area contributed by atoms with Crippen molar-refractivity contribution in [2.45, 2.75) is 26.3 Å². The van der Waals surface area contributed by atoms with E-state index in [-0.39, 0.29) is 0 Å². The van der Waals surface area contributed by atoms with E-state index in [4.69, 9.17) is 0 Å². The Hall–Kier alpha value is -3.31. The number of pyridine rings is 2. The lowest BCUT2D eigenvalue weighted by molar-refractivity contribution is 0.331. The number of aryl methyl sites for hydroxylation is 1. The van der Waals surface area contributed by atoms with Crippen LogP contribution in [0.4, 0.5) is 0 Å². The van der Waals surface area contributed by atoms with Crippen molar-refractivity contribution in [3.05, 3.63) is 78.2 Å². The third-order valence-electron chi connectivity index (χ3n) is 5.71. The van der Waals surface area contributed by atoms with Gasteiger partial charge in [-0.05, 0) is 62.7 Å². The molecule has 1 fully saturated rings.